The predicted octanol–water partition coefficient (Wildman–Crippen LogP) is 8.46. The minimum absolute atomic E-state index is 0. The molecule has 4 saturated carbocycles. The van der Waals surface area contributed by atoms with Gasteiger partial charge in [0, 0.05) is 6.04 Å². The fraction of sp³-hybridized carbons (Fsp3) is 0.923. The number of rotatable bonds is 4. The predicted molar refractivity (Wildman–Crippen MR) is 132 cm³/mol. The van der Waals surface area contributed by atoms with Gasteiger partial charge in [-0.15, -0.1) is 0 Å². The van der Waals surface area contributed by atoms with E-state index in [9.17, 15) is 0 Å². The van der Waals surface area contributed by atoms with E-state index in [1.807, 2.05) is 0 Å². The van der Waals surface area contributed by atoms with E-state index >= 15 is 0 Å². The second-order valence-electron chi connectivity index (χ2n) is 9.83. The monoisotopic (exact) mass is 465 g/mol. The molecule has 0 amide bonds. The Balaban J connectivity index is 0.000000863. The molecular formula is C26H52FeNP. The molecule has 4 rings (SSSR count). The molecule has 29 heavy (non-hydrogen) atoms. The molecule has 0 aromatic heterocycles. The van der Waals surface area contributed by atoms with Crippen LogP contribution in [0.1, 0.15) is 116 Å². The molecule has 0 spiro atoms. The van der Waals surface area contributed by atoms with E-state index in [2.05, 4.69) is 19.0 Å². The van der Waals surface area contributed by atoms with E-state index < -0.39 is 0 Å². The van der Waals surface area contributed by atoms with Crippen LogP contribution >= 0.6 is 7.92 Å². The molecule has 0 heterocycles. The van der Waals surface area contributed by atoms with E-state index in [-0.39, 0.29) is 39.8 Å². The molecule has 174 valence electrons. The summed E-state index contributed by atoms with van der Waals surface area (Å²) in [5.74, 6) is 0. The first-order valence-electron chi connectivity index (χ1n) is 12.2. The Morgan fingerprint density at radius 2 is 0.897 bits per heavy atom. The maximum Gasteiger partial charge on any atom is 2.00 e. The molecule has 4 fully saturated rings. The zero-order valence-electron chi connectivity index (χ0n) is 20.3. The Hall–Kier alpha value is 0.909. The van der Waals surface area contributed by atoms with Crippen molar-refractivity contribution in [3.05, 3.63) is 14.9 Å². The third-order valence-electron chi connectivity index (χ3n) is 7.73. The van der Waals surface area contributed by atoms with Gasteiger partial charge in [-0.3, -0.25) is 0 Å². The normalized spacial score (nSPS) is 28.1. The summed E-state index contributed by atoms with van der Waals surface area (Å²) in [6.45, 7) is 0. The average Bonchev–Trinajstić information content (AvgIpc) is 3.39. The fourth-order valence-electron chi connectivity index (χ4n) is 6.35. The van der Waals surface area contributed by atoms with Crippen molar-refractivity contribution in [3.63, 3.8) is 0 Å². The van der Waals surface area contributed by atoms with Gasteiger partial charge in [-0.25, -0.2) is 0 Å². The number of hydrogen-bond donors (Lipinski definition) is 0. The Bertz CT molecular complexity index is 347. The third-order valence-corrected chi connectivity index (χ3v) is 11.8. The molecule has 0 bridgehead atoms. The standard InChI is InChI=1S/C19H36NP.C5H10.2CH3.Fe/c1-20(2)18-14-9-15-19(18)21(16-10-5-3-6-11-16)17-12-7-4-8-13-17;1-2-4-5-3-1;;;/h16-19H,3-15H2,1-2H3;1-5H2;2*1H3;/q;;2*-1;+2. The average molecular weight is 466 g/mol. The molecule has 0 saturated heterocycles. The van der Waals surface area contributed by atoms with Crippen molar-refractivity contribution in [3.8, 4) is 0 Å². The van der Waals surface area contributed by atoms with Crippen LogP contribution in [0.2, 0.25) is 0 Å². The molecule has 0 aromatic carbocycles. The molecule has 3 heteroatoms. The zero-order valence-corrected chi connectivity index (χ0v) is 22.3. The molecule has 0 aliphatic heterocycles. The summed E-state index contributed by atoms with van der Waals surface area (Å²) < 4.78 is 0. The van der Waals surface area contributed by atoms with Crippen LogP contribution in [0.25, 0.3) is 0 Å². The zero-order chi connectivity index (χ0) is 18.2. The molecule has 0 N–H and O–H groups in total. The Labute approximate surface area is 197 Å². The van der Waals surface area contributed by atoms with Crippen LogP contribution in [0.4, 0.5) is 0 Å². The maximum absolute atomic E-state index is 2.58. The summed E-state index contributed by atoms with van der Waals surface area (Å²) >= 11 is 0. The summed E-state index contributed by atoms with van der Waals surface area (Å²) in [7, 11) is 4.98. The van der Waals surface area contributed by atoms with Crippen molar-refractivity contribution < 1.29 is 17.1 Å². The maximum atomic E-state index is 2.58. The van der Waals surface area contributed by atoms with Gasteiger partial charge in [0.05, 0.1) is 0 Å². The van der Waals surface area contributed by atoms with Gasteiger partial charge in [0.15, 0.2) is 0 Å². The molecule has 0 aromatic rings. The summed E-state index contributed by atoms with van der Waals surface area (Å²) in [6.07, 6.45) is 27.6. The molecule has 1 nitrogen and oxygen atoms in total. The van der Waals surface area contributed by atoms with Crippen molar-refractivity contribution >= 4 is 7.92 Å². The van der Waals surface area contributed by atoms with Gasteiger partial charge in [0.2, 0.25) is 0 Å². The number of nitrogens with zero attached hydrogens (tertiary/aromatic N) is 1. The van der Waals surface area contributed by atoms with Crippen LogP contribution in [-0.4, -0.2) is 42.0 Å². The van der Waals surface area contributed by atoms with Gasteiger partial charge >= 0.3 is 17.1 Å². The SMILES string of the molecule is C1CCCC1.CN(C)C1CCCC1P(C1CCCCC1)C1CCCCC1.[CH3-].[CH3-].[Fe+2]. The van der Waals surface area contributed by atoms with Gasteiger partial charge in [-0.05, 0) is 69.6 Å². The van der Waals surface area contributed by atoms with Crippen LogP contribution < -0.4 is 0 Å². The Morgan fingerprint density at radius 3 is 1.28 bits per heavy atom. The minimum Gasteiger partial charge on any atom is -0.358 e. The van der Waals surface area contributed by atoms with E-state index in [0.717, 1.165) is 23.0 Å². The van der Waals surface area contributed by atoms with Gasteiger partial charge in [-0.1, -0.05) is 85.0 Å². The fourth-order valence-corrected chi connectivity index (χ4v) is 11.2. The van der Waals surface area contributed by atoms with E-state index in [1.165, 1.54) is 83.5 Å². The summed E-state index contributed by atoms with van der Waals surface area (Å²) in [5.41, 5.74) is 3.37. The first-order chi connectivity index (χ1) is 12.8. The Kier molecular flexibility index (Phi) is 17.0. The van der Waals surface area contributed by atoms with Crippen LogP contribution in [0.3, 0.4) is 0 Å². The van der Waals surface area contributed by atoms with Crippen molar-refractivity contribution in [1.29, 1.82) is 0 Å². The summed E-state index contributed by atoms with van der Waals surface area (Å²) in [4.78, 5) is 2.58. The van der Waals surface area contributed by atoms with Crippen molar-refractivity contribution in [2.24, 2.45) is 0 Å². The molecule has 4 aliphatic rings. The molecule has 2 unspecified atom stereocenters. The van der Waals surface area contributed by atoms with Gasteiger partial charge < -0.3 is 19.8 Å². The Morgan fingerprint density at radius 1 is 0.517 bits per heavy atom. The van der Waals surface area contributed by atoms with E-state index in [0.29, 0.717) is 0 Å². The van der Waals surface area contributed by atoms with E-state index in [1.54, 1.807) is 32.1 Å². The topological polar surface area (TPSA) is 3.24 Å². The molecular weight excluding hydrogens is 413 g/mol. The first-order valence-corrected chi connectivity index (χ1v) is 13.8. The van der Waals surface area contributed by atoms with E-state index in [4.69, 9.17) is 0 Å². The van der Waals surface area contributed by atoms with Crippen LogP contribution in [0.15, 0.2) is 0 Å². The van der Waals surface area contributed by atoms with Crippen LogP contribution in [0.5, 0.6) is 0 Å². The van der Waals surface area contributed by atoms with Gasteiger partial charge in [0.25, 0.3) is 0 Å². The first kappa shape index (κ1) is 29.9. The minimum atomic E-state index is 0. The smallest absolute Gasteiger partial charge is 0.358 e. The third kappa shape index (κ3) is 9.12. The summed E-state index contributed by atoms with van der Waals surface area (Å²) in [5, 5.41) is 0. The molecule has 2 atom stereocenters. The van der Waals surface area contributed by atoms with Crippen molar-refractivity contribution in [1.82, 2.24) is 4.90 Å². The second-order valence-corrected chi connectivity index (χ2v) is 12.8. The number of hydrogen-bond acceptors (Lipinski definition) is 1. The van der Waals surface area contributed by atoms with Crippen LogP contribution in [0, 0.1) is 14.9 Å². The summed E-state index contributed by atoms with van der Waals surface area (Å²) in [6, 6.07) is 0.917. The molecule has 4 aliphatic carbocycles. The van der Waals surface area contributed by atoms with Crippen molar-refractivity contribution in [2.45, 2.75) is 139 Å². The largest absolute Gasteiger partial charge is 2.00 e. The van der Waals surface area contributed by atoms with Crippen molar-refractivity contribution in [2.75, 3.05) is 14.1 Å². The van der Waals surface area contributed by atoms with Gasteiger partial charge in [-0.2, -0.15) is 0 Å². The van der Waals surface area contributed by atoms with Crippen LogP contribution in [-0.2, 0) is 17.1 Å². The quantitative estimate of drug-likeness (QED) is 0.229. The second kappa shape index (κ2) is 16.5. The molecule has 0 radical (unpaired) electrons. The van der Waals surface area contributed by atoms with Gasteiger partial charge in [0.1, 0.15) is 0 Å².